The minimum atomic E-state index is -4.47. The molecule has 0 heterocycles. The van der Waals surface area contributed by atoms with Gasteiger partial charge < -0.3 is 15.4 Å². The molecule has 28 heavy (non-hydrogen) atoms. The quantitative estimate of drug-likeness (QED) is 0.734. The van der Waals surface area contributed by atoms with Crippen LogP contribution in [0.3, 0.4) is 0 Å². The molecule has 2 N–H and O–H groups in total. The molecule has 150 valence electrons. The maximum absolute atomic E-state index is 12.6. The average molecular weight is 394 g/mol. The highest BCUT2D eigenvalue weighted by Gasteiger charge is 2.32. The van der Waals surface area contributed by atoms with Gasteiger partial charge in [0.25, 0.3) is 0 Å². The molecule has 0 bridgehead atoms. The predicted molar refractivity (Wildman–Crippen MR) is 98.5 cm³/mol. The third-order valence-corrected chi connectivity index (χ3v) is 4.47. The number of rotatable bonds is 6. The van der Waals surface area contributed by atoms with Gasteiger partial charge in [-0.05, 0) is 36.2 Å². The van der Waals surface area contributed by atoms with Crippen LogP contribution < -0.4 is 10.6 Å². The summed E-state index contributed by atoms with van der Waals surface area (Å²) >= 11 is 0. The topological polar surface area (TPSA) is 67.4 Å². The van der Waals surface area contributed by atoms with Gasteiger partial charge in [-0.25, -0.2) is 0 Å². The Morgan fingerprint density at radius 1 is 0.929 bits per heavy atom. The molecule has 1 atom stereocenters. The van der Waals surface area contributed by atoms with E-state index in [0.717, 1.165) is 29.8 Å². The van der Waals surface area contributed by atoms with E-state index in [9.17, 15) is 22.8 Å². The molecule has 0 saturated carbocycles. The van der Waals surface area contributed by atoms with Crippen LogP contribution in [0.2, 0.25) is 0 Å². The zero-order valence-corrected chi connectivity index (χ0v) is 15.5. The van der Waals surface area contributed by atoms with Crippen LogP contribution in [0, 0.1) is 0 Å². The van der Waals surface area contributed by atoms with Gasteiger partial charge in [0.15, 0.2) is 0 Å². The highest BCUT2D eigenvalue weighted by atomic mass is 19.4. The highest BCUT2D eigenvalue weighted by Crippen LogP contribution is 2.30. The van der Waals surface area contributed by atoms with Crippen molar-refractivity contribution in [2.45, 2.75) is 25.1 Å². The second-order valence-electron chi connectivity index (χ2n) is 6.13. The Kier molecular flexibility index (Phi) is 6.80. The first kappa shape index (κ1) is 21.4. The summed E-state index contributed by atoms with van der Waals surface area (Å²) in [6.45, 7) is 1.95. The van der Waals surface area contributed by atoms with Crippen LogP contribution in [-0.4, -0.2) is 25.5 Å². The Hall–Kier alpha value is -2.87. The summed E-state index contributed by atoms with van der Waals surface area (Å²) in [5.41, 5.74) is -0.704. The summed E-state index contributed by atoms with van der Waals surface area (Å²) in [6, 6.07) is 13.1. The Morgan fingerprint density at radius 3 is 2.04 bits per heavy atom. The summed E-state index contributed by atoms with van der Waals surface area (Å²) in [4.78, 5) is 24.2. The lowest BCUT2D eigenvalue weighted by atomic mass is 9.90. The number of ether oxygens (including phenoxy) is 1. The average Bonchev–Trinajstić information content (AvgIpc) is 2.69. The zero-order valence-electron chi connectivity index (χ0n) is 15.5. The number of hydrogen-bond donors (Lipinski definition) is 2. The van der Waals surface area contributed by atoms with Gasteiger partial charge in [0.2, 0.25) is 0 Å². The Bertz CT molecular complexity index is 802. The first-order valence-corrected chi connectivity index (χ1v) is 8.59. The van der Waals surface area contributed by atoms with Crippen LogP contribution in [0.5, 0.6) is 0 Å². The molecule has 0 radical (unpaired) electrons. The van der Waals surface area contributed by atoms with E-state index in [1.807, 2.05) is 37.3 Å². The molecule has 5 nitrogen and oxygen atoms in total. The molecule has 0 aliphatic heterocycles. The van der Waals surface area contributed by atoms with Gasteiger partial charge in [-0.2, -0.15) is 13.2 Å². The van der Waals surface area contributed by atoms with Crippen LogP contribution in [0.4, 0.5) is 18.9 Å². The maximum atomic E-state index is 12.6. The molecule has 0 aliphatic rings. The van der Waals surface area contributed by atoms with Gasteiger partial charge in [-0.3, -0.25) is 9.59 Å². The molecule has 0 saturated heterocycles. The fourth-order valence-corrected chi connectivity index (χ4v) is 2.74. The van der Waals surface area contributed by atoms with E-state index < -0.39 is 29.2 Å². The first-order chi connectivity index (χ1) is 13.2. The van der Waals surface area contributed by atoms with Gasteiger partial charge in [0.1, 0.15) is 5.60 Å². The van der Waals surface area contributed by atoms with Gasteiger partial charge >= 0.3 is 18.0 Å². The second kappa shape index (κ2) is 8.88. The molecule has 0 spiro atoms. The van der Waals surface area contributed by atoms with Crippen molar-refractivity contribution >= 4 is 17.5 Å². The Balaban J connectivity index is 2.00. The number of amides is 2. The number of hydrogen-bond acceptors (Lipinski definition) is 3. The summed E-state index contributed by atoms with van der Waals surface area (Å²) in [5.74, 6) is -1.89. The lowest BCUT2D eigenvalue weighted by molar-refractivity contribution is -0.137. The molecule has 2 aromatic carbocycles. The lowest BCUT2D eigenvalue weighted by Gasteiger charge is -2.32. The van der Waals surface area contributed by atoms with Gasteiger partial charge in [-0.1, -0.05) is 37.3 Å². The van der Waals surface area contributed by atoms with Gasteiger partial charge in [0, 0.05) is 12.8 Å². The molecule has 0 unspecified atom stereocenters. The van der Waals surface area contributed by atoms with E-state index in [0.29, 0.717) is 6.42 Å². The Morgan fingerprint density at radius 2 is 1.54 bits per heavy atom. The number of methoxy groups -OCH3 is 1. The third-order valence-electron chi connectivity index (χ3n) is 4.47. The fraction of sp³-hybridized carbons (Fsp3) is 0.300. The maximum Gasteiger partial charge on any atom is 0.416 e. The minimum absolute atomic E-state index is 0.0588. The van der Waals surface area contributed by atoms with Crippen molar-refractivity contribution in [3.63, 3.8) is 0 Å². The second-order valence-corrected chi connectivity index (χ2v) is 6.13. The van der Waals surface area contributed by atoms with Crippen molar-refractivity contribution in [2.24, 2.45) is 0 Å². The van der Waals surface area contributed by atoms with E-state index in [1.54, 1.807) is 0 Å². The van der Waals surface area contributed by atoms with Crippen molar-refractivity contribution in [1.29, 1.82) is 0 Å². The Labute approximate surface area is 160 Å². The van der Waals surface area contributed by atoms with Crippen LogP contribution in [0.15, 0.2) is 54.6 Å². The molecule has 2 rings (SSSR count). The van der Waals surface area contributed by atoms with E-state index in [2.05, 4.69) is 10.6 Å². The number of nitrogens with one attached hydrogen (secondary N) is 2. The molecule has 0 aliphatic carbocycles. The molecular formula is C20H21F3N2O3. The number of halogens is 3. The predicted octanol–water partition coefficient (Wildman–Crippen LogP) is 3.71. The van der Waals surface area contributed by atoms with Crippen molar-refractivity contribution in [3.05, 3.63) is 65.7 Å². The number of carbonyl (C=O) groups excluding carboxylic acids is 2. The molecule has 8 heteroatoms. The lowest BCUT2D eigenvalue weighted by Crippen LogP contribution is -2.45. The van der Waals surface area contributed by atoms with E-state index in [1.165, 1.54) is 7.11 Å². The zero-order chi connectivity index (χ0) is 20.8. The minimum Gasteiger partial charge on any atom is -0.372 e. The normalized spacial score (nSPS) is 13.5. The first-order valence-electron chi connectivity index (χ1n) is 8.59. The van der Waals surface area contributed by atoms with Crippen LogP contribution in [0.1, 0.15) is 24.5 Å². The van der Waals surface area contributed by atoms with Crippen LogP contribution in [0.25, 0.3) is 0 Å². The van der Waals surface area contributed by atoms with Crippen molar-refractivity contribution in [3.8, 4) is 0 Å². The monoisotopic (exact) mass is 394 g/mol. The van der Waals surface area contributed by atoms with Crippen molar-refractivity contribution in [2.75, 3.05) is 19.0 Å². The largest absolute Gasteiger partial charge is 0.416 e. The van der Waals surface area contributed by atoms with Crippen molar-refractivity contribution < 1.29 is 27.5 Å². The third kappa shape index (κ3) is 5.10. The number of benzene rings is 2. The molecule has 2 amide bonds. The van der Waals surface area contributed by atoms with Gasteiger partial charge in [-0.15, -0.1) is 0 Å². The van der Waals surface area contributed by atoms with Crippen LogP contribution in [-0.2, 0) is 26.1 Å². The highest BCUT2D eigenvalue weighted by molar-refractivity contribution is 6.39. The molecule has 0 fully saturated rings. The molecule has 0 aromatic heterocycles. The number of alkyl halides is 3. The molecular weight excluding hydrogens is 373 g/mol. The SMILES string of the molecule is CC[C@](CNC(=O)C(=O)Nc1ccc(C(F)(F)F)cc1)(OC)c1ccccc1. The van der Waals surface area contributed by atoms with Crippen LogP contribution >= 0.6 is 0 Å². The van der Waals surface area contributed by atoms with E-state index in [4.69, 9.17) is 4.74 Å². The van der Waals surface area contributed by atoms with Crippen molar-refractivity contribution in [1.82, 2.24) is 5.32 Å². The summed E-state index contributed by atoms with van der Waals surface area (Å²) in [6.07, 6.45) is -3.92. The smallest absolute Gasteiger partial charge is 0.372 e. The van der Waals surface area contributed by atoms with E-state index in [-0.39, 0.29) is 12.2 Å². The van der Waals surface area contributed by atoms with Gasteiger partial charge in [0.05, 0.1) is 12.1 Å². The molecule has 2 aromatic rings. The summed E-state index contributed by atoms with van der Waals surface area (Å²) in [7, 11) is 1.52. The van der Waals surface area contributed by atoms with E-state index >= 15 is 0 Å². The number of anilines is 1. The summed E-state index contributed by atoms with van der Waals surface area (Å²) in [5, 5.41) is 4.80. The fourth-order valence-electron chi connectivity index (χ4n) is 2.74. The standard InChI is InChI=1S/C20H21F3N2O3/c1-3-19(28-2,14-7-5-4-6-8-14)13-24-17(26)18(27)25-16-11-9-15(10-12-16)20(21,22)23/h4-12H,3,13H2,1-2H3,(H,24,26)(H,25,27)/t19-/m1/s1. The number of carbonyl (C=O) groups is 2. The summed E-state index contributed by atoms with van der Waals surface area (Å²) < 4.78 is 43.3.